The fourth-order valence-electron chi connectivity index (χ4n) is 3.01. The first-order chi connectivity index (χ1) is 16.3. The number of halogens is 5. The minimum atomic E-state index is -4.86. The van der Waals surface area contributed by atoms with Gasteiger partial charge < -0.3 is 14.2 Å². The first-order valence-corrected chi connectivity index (χ1v) is 10.2. The molecule has 3 rings (SSSR count). The summed E-state index contributed by atoms with van der Waals surface area (Å²) < 4.78 is 81.8. The molecule has 0 N–H and O–H groups in total. The van der Waals surface area contributed by atoms with E-state index in [-0.39, 0.29) is 24.4 Å². The van der Waals surface area contributed by atoms with Crippen LogP contribution in [0, 0.1) is 11.6 Å². The molecule has 0 saturated heterocycles. The summed E-state index contributed by atoms with van der Waals surface area (Å²) in [5.41, 5.74) is -2.14. The first kappa shape index (κ1) is 25.7. The lowest BCUT2D eigenvalue weighted by Crippen LogP contribution is -2.40. The van der Waals surface area contributed by atoms with Crippen LogP contribution in [0.1, 0.15) is 26.3 Å². The maximum Gasteiger partial charge on any atom is 0.573 e. The van der Waals surface area contributed by atoms with Crippen molar-refractivity contribution < 1.29 is 41.0 Å². The van der Waals surface area contributed by atoms with Gasteiger partial charge in [0.2, 0.25) is 0 Å². The van der Waals surface area contributed by atoms with Gasteiger partial charge >= 0.3 is 18.0 Å². The van der Waals surface area contributed by atoms with Crippen molar-refractivity contribution in [3.8, 4) is 17.2 Å². The summed E-state index contributed by atoms with van der Waals surface area (Å²) in [4.78, 5) is 24.6. The molecule has 0 aliphatic heterocycles. The van der Waals surface area contributed by atoms with Crippen LogP contribution in [0.4, 0.5) is 22.0 Å². The number of aromatic nitrogens is 3. The van der Waals surface area contributed by atoms with Gasteiger partial charge in [-0.25, -0.2) is 27.6 Å². The Morgan fingerprint density at radius 2 is 1.63 bits per heavy atom. The lowest BCUT2D eigenvalue weighted by atomic mass is 10.1. The predicted molar refractivity (Wildman–Crippen MR) is 111 cm³/mol. The zero-order valence-electron chi connectivity index (χ0n) is 18.7. The molecule has 0 atom stereocenters. The second-order valence-electron chi connectivity index (χ2n) is 7.70. The maximum atomic E-state index is 14.6. The second kappa shape index (κ2) is 9.76. The quantitative estimate of drug-likeness (QED) is 0.343. The summed E-state index contributed by atoms with van der Waals surface area (Å²) in [5.74, 6) is -4.28. The van der Waals surface area contributed by atoms with Crippen LogP contribution in [0.2, 0.25) is 0 Å². The molecule has 13 heteroatoms. The van der Waals surface area contributed by atoms with E-state index < -0.39 is 46.8 Å². The number of hydrogen-bond donors (Lipinski definition) is 0. The Balaban J connectivity index is 1.79. The fourth-order valence-corrected chi connectivity index (χ4v) is 3.01. The van der Waals surface area contributed by atoms with Crippen LogP contribution >= 0.6 is 0 Å². The molecule has 0 spiro atoms. The third kappa shape index (κ3) is 6.16. The van der Waals surface area contributed by atoms with Gasteiger partial charge in [0.05, 0.1) is 18.8 Å². The number of alkyl halides is 3. The van der Waals surface area contributed by atoms with Gasteiger partial charge in [0.15, 0.2) is 23.0 Å². The number of nitrogens with zero attached hydrogens (tertiary/aromatic N) is 3. The summed E-state index contributed by atoms with van der Waals surface area (Å²) in [5, 5.41) is 3.87. The Bertz CT molecular complexity index is 1240. The topological polar surface area (TPSA) is 84.6 Å². The molecule has 0 amide bonds. The summed E-state index contributed by atoms with van der Waals surface area (Å²) in [6.07, 6.45) is -3.75. The van der Waals surface area contributed by atoms with Crippen LogP contribution in [0.3, 0.4) is 0 Å². The van der Waals surface area contributed by atoms with Crippen LogP contribution in [-0.4, -0.2) is 38.9 Å². The van der Waals surface area contributed by atoms with E-state index in [4.69, 9.17) is 9.47 Å². The molecule has 0 radical (unpaired) electrons. The standard InChI is InChI=1S/C22H20F5N3O5/c1-4-33-19(31)21(2,3)35-18-16(23)9-13(10-17(18)24)11-30-20(32)29(12-28-30)14-5-7-15(8-6-14)34-22(25,26)27/h5-10,12H,4,11H2,1-3H3. The van der Waals surface area contributed by atoms with E-state index in [1.165, 1.54) is 26.0 Å². The number of esters is 1. The summed E-state index contributed by atoms with van der Waals surface area (Å²) in [6.45, 7) is 3.90. The molecule has 0 saturated carbocycles. The summed E-state index contributed by atoms with van der Waals surface area (Å²) >= 11 is 0. The Morgan fingerprint density at radius 3 is 2.17 bits per heavy atom. The highest BCUT2D eigenvalue weighted by Gasteiger charge is 2.34. The van der Waals surface area contributed by atoms with E-state index >= 15 is 0 Å². The van der Waals surface area contributed by atoms with Crippen LogP contribution in [-0.2, 0) is 16.1 Å². The first-order valence-electron chi connectivity index (χ1n) is 10.2. The Kier molecular flexibility index (Phi) is 7.17. The van der Waals surface area contributed by atoms with Gasteiger partial charge in [-0.3, -0.25) is 0 Å². The van der Waals surface area contributed by atoms with Crippen molar-refractivity contribution in [2.24, 2.45) is 0 Å². The van der Waals surface area contributed by atoms with Crippen LogP contribution < -0.4 is 15.2 Å². The molecule has 35 heavy (non-hydrogen) atoms. The average molecular weight is 501 g/mol. The number of carbonyl (C=O) groups excluding carboxylic acids is 1. The van der Waals surface area contributed by atoms with E-state index in [2.05, 4.69) is 9.84 Å². The predicted octanol–water partition coefficient (Wildman–Crippen LogP) is 3.98. The Hall–Kier alpha value is -3.90. The third-order valence-corrected chi connectivity index (χ3v) is 4.60. The molecule has 0 aliphatic carbocycles. The van der Waals surface area contributed by atoms with Crippen molar-refractivity contribution in [3.63, 3.8) is 0 Å². The van der Waals surface area contributed by atoms with Gasteiger partial charge in [0.25, 0.3) is 0 Å². The zero-order chi connectivity index (χ0) is 26.0. The molecule has 0 aliphatic rings. The van der Waals surface area contributed by atoms with Crippen LogP contribution in [0.5, 0.6) is 11.5 Å². The molecule has 2 aromatic carbocycles. The highest BCUT2D eigenvalue weighted by molar-refractivity contribution is 5.79. The van der Waals surface area contributed by atoms with Crippen molar-refractivity contribution in [1.29, 1.82) is 0 Å². The van der Waals surface area contributed by atoms with E-state index in [0.717, 1.165) is 39.8 Å². The van der Waals surface area contributed by atoms with Crippen molar-refractivity contribution >= 4 is 5.97 Å². The molecular weight excluding hydrogens is 481 g/mol. The molecule has 0 bridgehead atoms. The third-order valence-electron chi connectivity index (χ3n) is 4.60. The highest BCUT2D eigenvalue weighted by atomic mass is 19.4. The lowest BCUT2D eigenvalue weighted by Gasteiger charge is -2.24. The summed E-state index contributed by atoms with van der Waals surface area (Å²) in [7, 11) is 0. The molecule has 0 fully saturated rings. The number of ether oxygens (including phenoxy) is 3. The molecule has 8 nitrogen and oxygen atoms in total. The number of carbonyl (C=O) groups is 1. The molecule has 1 aromatic heterocycles. The SMILES string of the molecule is CCOC(=O)C(C)(C)Oc1c(F)cc(Cn2ncn(-c3ccc(OC(F)(F)F)cc3)c2=O)cc1F. The van der Waals surface area contributed by atoms with Gasteiger partial charge in [0.1, 0.15) is 12.1 Å². The molecule has 188 valence electrons. The molecule has 0 unspecified atom stereocenters. The van der Waals surface area contributed by atoms with Gasteiger partial charge in [-0.15, -0.1) is 13.2 Å². The van der Waals surface area contributed by atoms with Gasteiger partial charge in [-0.2, -0.15) is 5.10 Å². The van der Waals surface area contributed by atoms with E-state index in [9.17, 15) is 31.5 Å². The van der Waals surface area contributed by atoms with Crippen molar-refractivity contribution in [2.45, 2.75) is 39.3 Å². The number of rotatable bonds is 8. The number of benzene rings is 2. The highest BCUT2D eigenvalue weighted by Crippen LogP contribution is 2.28. The van der Waals surface area contributed by atoms with Crippen molar-refractivity contribution in [3.05, 3.63) is 70.4 Å². The zero-order valence-corrected chi connectivity index (χ0v) is 18.7. The number of hydrogen-bond acceptors (Lipinski definition) is 6. The van der Waals surface area contributed by atoms with Crippen LogP contribution in [0.15, 0.2) is 47.5 Å². The van der Waals surface area contributed by atoms with Crippen LogP contribution in [0.25, 0.3) is 5.69 Å². The minimum absolute atomic E-state index is 0.0302. The van der Waals surface area contributed by atoms with Gasteiger partial charge in [-0.1, -0.05) is 0 Å². The molecule has 3 aromatic rings. The normalized spacial score (nSPS) is 11.9. The minimum Gasteiger partial charge on any atom is -0.470 e. The van der Waals surface area contributed by atoms with E-state index in [1.54, 1.807) is 6.92 Å². The summed E-state index contributed by atoms with van der Waals surface area (Å²) in [6, 6.07) is 6.32. The van der Waals surface area contributed by atoms with Crippen molar-refractivity contribution in [1.82, 2.24) is 14.3 Å². The fraction of sp³-hybridized carbons (Fsp3) is 0.318. The smallest absolute Gasteiger partial charge is 0.470 e. The van der Waals surface area contributed by atoms with E-state index in [1.807, 2.05) is 0 Å². The molecular formula is C22H20F5N3O5. The molecule has 1 heterocycles. The van der Waals surface area contributed by atoms with Gasteiger partial charge in [0, 0.05) is 0 Å². The lowest BCUT2D eigenvalue weighted by molar-refractivity contribution is -0.274. The second-order valence-corrected chi connectivity index (χ2v) is 7.70. The van der Waals surface area contributed by atoms with Crippen molar-refractivity contribution in [2.75, 3.05) is 6.61 Å². The maximum absolute atomic E-state index is 14.6. The van der Waals surface area contributed by atoms with E-state index in [0.29, 0.717) is 0 Å². The Morgan fingerprint density at radius 1 is 1.03 bits per heavy atom. The monoisotopic (exact) mass is 501 g/mol. The van der Waals surface area contributed by atoms with Gasteiger partial charge in [-0.05, 0) is 62.7 Å². The Labute approximate surface area is 195 Å². The average Bonchev–Trinajstić information content (AvgIpc) is 3.10. The largest absolute Gasteiger partial charge is 0.573 e.